The molecule has 1 aliphatic heterocycles. The first-order chi connectivity index (χ1) is 14.4. The Labute approximate surface area is 183 Å². The van der Waals surface area contributed by atoms with Crippen molar-refractivity contribution in [3.63, 3.8) is 0 Å². The zero-order valence-electron chi connectivity index (χ0n) is 18.3. The number of hydrogen-bond donors (Lipinski definition) is 2. The summed E-state index contributed by atoms with van der Waals surface area (Å²) in [5.74, 6) is -0.324. The van der Waals surface area contributed by atoms with Gasteiger partial charge in [-0.15, -0.1) is 0 Å². The van der Waals surface area contributed by atoms with E-state index in [1.54, 1.807) is 32.9 Å². The molecule has 2 amide bonds. The zero-order valence-corrected chi connectivity index (χ0v) is 19.1. The molecule has 0 radical (unpaired) electrons. The summed E-state index contributed by atoms with van der Waals surface area (Å²) in [4.78, 5) is 25.4. The molecule has 168 valence electrons. The van der Waals surface area contributed by atoms with Crippen molar-refractivity contribution in [3.8, 4) is 0 Å². The lowest BCUT2D eigenvalue weighted by atomic mass is 10.0. The van der Waals surface area contributed by atoms with Crippen LogP contribution in [0.2, 0.25) is 0 Å². The minimum atomic E-state index is -3.23. The van der Waals surface area contributed by atoms with Crippen molar-refractivity contribution < 1.29 is 22.7 Å². The summed E-state index contributed by atoms with van der Waals surface area (Å²) < 4.78 is 30.1. The van der Waals surface area contributed by atoms with Gasteiger partial charge < -0.3 is 10.1 Å². The molecule has 1 heterocycles. The van der Waals surface area contributed by atoms with Gasteiger partial charge in [-0.1, -0.05) is 24.3 Å². The number of piperidine rings is 1. The van der Waals surface area contributed by atoms with Gasteiger partial charge in [0.05, 0.1) is 17.5 Å². The first-order valence-corrected chi connectivity index (χ1v) is 12.1. The van der Waals surface area contributed by atoms with E-state index in [2.05, 4.69) is 10.6 Å². The van der Waals surface area contributed by atoms with Crippen LogP contribution < -0.4 is 10.6 Å². The van der Waals surface area contributed by atoms with Crippen LogP contribution in [-0.4, -0.2) is 55.7 Å². The summed E-state index contributed by atoms with van der Waals surface area (Å²) in [5.41, 5.74) is 0.0193. The fourth-order valence-corrected chi connectivity index (χ4v) is 4.41. The predicted molar refractivity (Wildman–Crippen MR) is 121 cm³/mol. The third-order valence-corrected chi connectivity index (χ3v) is 6.33. The van der Waals surface area contributed by atoms with E-state index in [9.17, 15) is 18.0 Å². The molecule has 0 atom stereocenters. The van der Waals surface area contributed by atoms with Crippen molar-refractivity contribution in [3.05, 3.63) is 42.0 Å². The maximum atomic E-state index is 13.1. The second kappa shape index (κ2) is 8.84. The minimum Gasteiger partial charge on any atom is -0.444 e. The molecule has 0 unspecified atom stereocenters. The first kappa shape index (κ1) is 23.0. The van der Waals surface area contributed by atoms with Gasteiger partial charge in [0, 0.05) is 19.1 Å². The molecule has 31 heavy (non-hydrogen) atoms. The van der Waals surface area contributed by atoms with E-state index < -0.39 is 21.7 Å². The van der Waals surface area contributed by atoms with Gasteiger partial charge in [0.25, 0.3) is 5.91 Å². The Morgan fingerprint density at radius 2 is 1.65 bits per heavy atom. The summed E-state index contributed by atoms with van der Waals surface area (Å²) in [7, 11) is -3.23. The normalized spacial score (nSPS) is 16.1. The van der Waals surface area contributed by atoms with Crippen LogP contribution >= 0.6 is 0 Å². The molecule has 2 N–H and O–H groups in total. The Balaban J connectivity index is 1.81. The maximum Gasteiger partial charge on any atom is 0.412 e. The topological polar surface area (TPSA) is 105 Å². The zero-order chi connectivity index (χ0) is 22.8. The van der Waals surface area contributed by atoms with Crippen molar-refractivity contribution in [2.75, 3.05) is 24.7 Å². The molecule has 0 aromatic heterocycles. The van der Waals surface area contributed by atoms with Crippen LogP contribution in [0.5, 0.6) is 0 Å². The van der Waals surface area contributed by atoms with Crippen LogP contribution in [0.3, 0.4) is 0 Å². The minimum absolute atomic E-state index is 0.147. The van der Waals surface area contributed by atoms with Crippen molar-refractivity contribution in [2.24, 2.45) is 0 Å². The third kappa shape index (κ3) is 6.18. The van der Waals surface area contributed by atoms with E-state index in [0.717, 1.165) is 10.8 Å². The Morgan fingerprint density at radius 1 is 1.06 bits per heavy atom. The van der Waals surface area contributed by atoms with Gasteiger partial charge in [0.1, 0.15) is 5.60 Å². The molecule has 2 aromatic rings. The highest BCUT2D eigenvalue weighted by molar-refractivity contribution is 7.88. The predicted octanol–water partition coefficient (Wildman–Crippen LogP) is 3.34. The lowest BCUT2D eigenvalue weighted by Gasteiger charge is -2.30. The number of carbonyl (C=O) groups is 2. The molecule has 3 rings (SSSR count). The average Bonchev–Trinajstić information content (AvgIpc) is 2.65. The number of hydrogen-bond acceptors (Lipinski definition) is 5. The summed E-state index contributed by atoms with van der Waals surface area (Å²) >= 11 is 0. The van der Waals surface area contributed by atoms with Crippen LogP contribution in [0.1, 0.15) is 44.0 Å². The molecule has 0 spiro atoms. The van der Waals surface area contributed by atoms with Crippen LogP contribution in [0.25, 0.3) is 10.8 Å². The SMILES string of the molecule is CC(C)(C)OC(=O)Nc1cc2ccccc2cc1C(=O)NC1CCN(S(C)(=O)=O)CC1. The molecule has 1 saturated heterocycles. The van der Waals surface area contributed by atoms with Crippen molar-refractivity contribution in [1.82, 2.24) is 9.62 Å². The van der Waals surface area contributed by atoms with Gasteiger partial charge in [-0.2, -0.15) is 0 Å². The second-order valence-electron chi connectivity index (χ2n) is 8.78. The maximum absolute atomic E-state index is 13.1. The number of amides is 2. The Bertz CT molecular complexity index is 1080. The number of nitrogens with one attached hydrogen (secondary N) is 2. The molecule has 8 nitrogen and oxygen atoms in total. The summed E-state index contributed by atoms with van der Waals surface area (Å²) in [6.45, 7) is 6.03. The molecular formula is C22H29N3O5S. The fraction of sp³-hybridized carbons (Fsp3) is 0.455. The number of nitrogens with zero attached hydrogens (tertiary/aromatic N) is 1. The number of benzene rings is 2. The highest BCUT2D eigenvalue weighted by Crippen LogP contribution is 2.26. The van der Waals surface area contributed by atoms with Crippen LogP contribution in [0.15, 0.2) is 36.4 Å². The highest BCUT2D eigenvalue weighted by Gasteiger charge is 2.27. The quantitative estimate of drug-likeness (QED) is 0.748. The number of carbonyl (C=O) groups excluding carboxylic acids is 2. The Morgan fingerprint density at radius 3 is 2.19 bits per heavy atom. The van der Waals surface area contributed by atoms with Crippen LogP contribution in [-0.2, 0) is 14.8 Å². The van der Waals surface area contributed by atoms with Crippen LogP contribution in [0, 0.1) is 0 Å². The molecule has 0 aliphatic carbocycles. The Kier molecular flexibility index (Phi) is 6.56. The van der Waals surface area contributed by atoms with Gasteiger partial charge in [-0.3, -0.25) is 10.1 Å². The van der Waals surface area contributed by atoms with Gasteiger partial charge in [0.2, 0.25) is 10.0 Å². The highest BCUT2D eigenvalue weighted by atomic mass is 32.2. The lowest BCUT2D eigenvalue weighted by molar-refractivity contribution is 0.0636. The molecule has 9 heteroatoms. The second-order valence-corrected chi connectivity index (χ2v) is 10.8. The molecule has 1 aliphatic rings. The van der Waals surface area contributed by atoms with Gasteiger partial charge in [0.15, 0.2) is 0 Å². The van der Waals surface area contributed by atoms with Gasteiger partial charge >= 0.3 is 6.09 Å². The molecule has 2 aromatic carbocycles. The number of ether oxygens (including phenoxy) is 1. The van der Waals surface area contributed by atoms with E-state index in [0.29, 0.717) is 37.2 Å². The molecular weight excluding hydrogens is 418 g/mol. The van der Waals surface area contributed by atoms with E-state index in [1.165, 1.54) is 10.6 Å². The van der Waals surface area contributed by atoms with Crippen molar-refractivity contribution >= 4 is 38.5 Å². The lowest BCUT2D eigenvalue weighted by Crippen LogP contribution is -2.46. The standard InChI is InChI=1S/C22H29N3O5S/c1-22(2,3)30-21(27)24-19-14-16-8-6-5-7-15(16)13-18(19)20(26)23-17-9-11-25(12-10-17)31(4,28)29/h5-8,13-14,17H,9-12H2,1-4H3,(H,23,26)(H,24,27). The third-order valence-electron chi connectivity index (χ3n) is 5.02. The van der Waals surface area contributed by atoms with E-state index in [4.69, 9.17) is 4.74 Å². The van der Waals surface area contributed by atoms with Gasteiger partial charge in [-0.25, -0.2) is 17.5 Å². The van der Waals surface area contributed by atoms with E-state index >= 15 is 0 Å². The largest absolute Gasteiger partial charge is 0.444 e. The molecule has 0 saturated carbocycles. The number of anilines is 1. The molecule has 1 fully saturated rings. The summed E-state index contributed by atoms with van der Waals surface area (Å²) in [6, 6.07) is 10.9. The average molecular weight is 448 g/mol. The van der Waals surface area contributed by atoms with E-state index in [-0.39, 0.29) is 11.9 Å². The first-order valence-electron chi connectivity index (χ1n) is 10.2. The number of fused-ring (bicyclic) bond motifs is 1. The monoisotopic (exact) mass is 447 g/mol. The molecule has 0 bridgehead atoms. The van der Waals surface area contributed by atoms with Crippen LogP contribution in [0.4, 0.5) is 10.5 Å². The van der Waals surface area contributed by atoms with Crippen molar-refractivity contribution in [1.29, 1.82) is 0 Å². The number of rotatable bonds is 4. The number of sulfonamides is 1. The Hall–Kier alpha value is -2.65. The van der Waals surface area contributed by atoms with Crippen molar-refractivity contribution in [2.45, 2.75) is 45.3 Å². The smallest absolute Gasteiger partial charge is 0.412 e. The van der Waals surface area contributed by atoms with Gasteiger partial charge in [-0.05, 0) is 56.5 Å². The summed E-state index contributed by atoms with van der Waals surface area (Å²) in [5, 5.41) is 7.43. The summed E-state index contributed by atoms with van der Waals surface area (Å²) in [6.07, 6.45) is 1.61. The fourth-order valence-electron chi connectivity index (χ4n) is 3.54. The van der Waals surface area contributed by atoms with E-state index in [1.807, 2.05) is 24.3 Å².